The minimum absolute atomic E-state index is 0.0809. The Labute approximate surface area is 132 Å². The zero-order chi connectivity index (χ0) is 15.2. The SMILES string of the molecule is CCCC(C)NC(=O)Cn1nnc(-c2ccc(Br)cc2)n1. The molecule has 1 amide bonds. The fraction of sp³-hybridized carbons (Fsp3) is 0.429. The number of benzene rings is 1. The summed E-state index contributed by atoms with van der Waals surface area (Å²) in [6.07, 6.45) is 2.00. The smallest absolute Gasteiger partial charge is 0.243 e. The first-order chi connectivity index (χ1) is 10.1. The monoisotopic (exact) mass is 351 g/mol. The Morgan fingerprint density at radius 1 is 1.38 bits per heavy atom. The summed E-state index contributed by atoms with van der Waals surface area (Å²) in [6, 6.07) is 7.78. The summed E-state index contributed by atoms with van der Waals surface area (Å²) >= 11 is 3.38. The number of tetrazole rings is 1. The highest BCUT2D eigenvalue weighted by atomic mass is 79.9. The second-order valence-electron chi connectivity index (χ2n) is 4.91. The maximum Gasteiger partial charge on any atom is 0.243 e. The predicted octanol–water partition coefficient (Wildman–Crippen LogP) is 2.41. The molecule has 1 heterocycles. The summed E-state index contributed by atoms with van der Waals surface area (Å²) in [6.45, 7) is 4.16. The van der Waals surface area contributed by atoms with Crippen molar-refractivity contribution in [2.24, 2.45) is 0 Å². The Hall–Kier alpha value is -1.76. The summed E-state index contributed by atoms with van der Waals surface area (Å²) in [7, 11) is 0. The van der Waals surface area contributed by atoms with E-state index in [4.69, 9.17) is 0 Å². The summed E-state index contributed by atoms with van der Waals surface area (Å²) in [5.41, 5.74) is 0.865. The van der Waals surface area contributed by atoms with E-state index in [-0.39, 0.29) is 18.5 Å². The molecule has 0 aliphatic heterocycles. The van der Waals surface area contributed by atoms with E-state index < -0.39 is 0 Å². The molecule has 0 bridgehead atoms. The normalized spacial score (nSPS) is 12.1. The third-order valence-electron chi connectivity index (χ3n) is 2.97. The van der Waals surface area contributed by atoms with Crippen molar-refractivity contribution in [3.63, 3.8) is 0 Å². The molecule has 1 atom stereocenters. The Balaban J connectivity index is 1.97. The van der Waals surface area contributed by atoms with Gasteiger partial charge in [0.1, 0.15) is 6.54 Å². The first-order valence-corrected chi connectivity index (χ1v) is 7.71. The van der Waals surface area contributed by atoms with Crippen LogP contribution in [0.25, 0.3) is 11.4 Å². The Bertz CT molecular complexity index is 596. The van der Waals surface area contributed by atoms with Gasteiger partial charge in [-0.05, 0) is 42.8 Å². The fourth-order valence-electron chi connectivity index (χ4n) is 1.98. The molecular formula is C14H18BrN5O. The first-order valence-electron chi connectivity index (χ1n) is 6.91. The fourth-order valence-corrected chi connectivity index (χ4v) is 2.24. The van der Waals surface area contributed by atoms with Gasteiger partial charge in [0, 0.05) is 16.1 Å². The lowest BCUT2D eigenvalue weighted by Crippen LogP contribution is -2.35. The van der Waals surface area contributed by atoms with Crippen LogP contribution < -0.4 is 5.32 Å². The van der Waals surface area contributed by atoms with Gasteiger partial charge in [0.2, 0.25) is 11.7 Å². The van der Waals surface area contributed by atoms with Crippen LogP contribution in [0.1, 0.15) is 26.7 Å². The molecule has 1 unspecified atom stereocenters. The average molecular weight is 352 g/mol. The van der Waals surface area contributed by atoms with Gasteiger partial charge in [-0.25, -0.2) is 0 Å². The number of hydrogen-bond acceptors (Lipinski definition) is 4. The lowest BCUT2D eigenvalue weighted by molar-refractivity contribution is -0.122. The van der Waals surface area contributed by atoms with E-state index in [2.05, 4.69) is 43.6 Å². The number of nitrogens with one attached hydrogen (secondary N) is 1. The molecule has 112 valence electrons. The molecule has 0 saturated carbocycles. The number of aromatic nitrogens is 4. The number of amides is 1. The van der Waals surface area contributed by atoms with E-state index in [0.29, 0.717) is 5.82 Å². The van der Waals surface area contributed by atoms with Crippen molar-refractivity contribution in [2.75, 3.05) is 0 Å². The van der Waals surface area contributed by atoms with Crippen molar-refractivity contribution in [3.05, 3.63) is 28.7 Å². The lowest BCUT2D eigenvalue weighted by atomic mass is 10.2. The Morgan fingerprint density at radius 2 is 2.10 bits per heavy atom. The molecule has 21 heavy (non-hydrogen) atoms. The van der Waals surface area contributed by atoms with Gasteiger partial charge in [-0.3, -0.25) is 4.79 Å². The Morgan fingerprint density at radius 3 is 2.76 bits per heavy atom. The van der Waals surface area contributed by atoms with E-state index in [1.807, 2.05) is 31.2 Å². The van der Waals surface area contributed by atoms with Crippen molar-refractivity contribution in [1.82, 2.24) is 25.5 Å². The molecule has 7 heteroatoms. The number of halogens is 1. The second kappa shape index (κ2) is 7.31. The van der Waals surface area contributed by atoms with Gasteiger partial charge < -0.3 is 5.32 Å². The van der Waals surface area contributed by atoms with Crippen LogP contribution in [0.3, 0.4) is 0 Å². The highest BCUT2D eigenvalue weighted by molar-refractivity contribution is 9.10. The molecule has 0 aliphatic carbocycles. The van der Waals surface area contributed by atoms with E-state index in [0.717, 1.165) is 22.9 Å². The topological polar surface area (TPSA) is 72.7 Å². The minimum atomic E-state index is -0.101. The van der Waals surface area contributed by atoms with Gasteiger partial charge in [0.15, 0.2) is 0 Å². The van der Waals surface area contributed by atoms with Crippen molar-refractivity contribution in [2.45, 2.75) is 39.3 Å². The second-order valence-corrected chi connectivity index (χ2v) is 5.82. The predicted molar refractivity (Wildman–Crippen MR) is 83.5 cm³/mol. The number of hydrogen-bond donors (Lipinski definition) is 1. The summed E-state index contributed by atoms with van der Waals surface area (Å²) in [5.74, 6) is 0.410. The van der Waals surface area contributed by atoms with E-state index in [9.17, 15) is 4.79 Å². The van der Waals surface area contributed by atoms with Crippen molar-refractivity contribution < 1.29 is 4.79 Å². The molecule has 0 spiro atoms. The van der Waals surface area contributed by atoms with Crippen LogP contribution in [0.15, 0.2) is 28.7 Å². The molecule has 1 aromatic carbocycles. The molecule has 0 radical (unpaired) electrons. The van der Waals surface area contributed by atoms with Crippen LogP contribution in [0.2, 0.25) is 0 Å². The molecular weight excluding hydrogens is 334 g/mol. The van der Waals surface area contributed by atoms with Crippen LogP contribution in [-0.2, 0) is 11.3 Å². The number of nitrogens with zero attached hydrogens (tertiary/aromatic N) is 4. The highest BCUT2D eigenvalue weighted by Gasteiger charge is 2.11. The van der Waals surface area contributed by atoms with Crippen LogP contribution in [0, 0.1) is 0 Å². The van der Waals surface area contributed by atoms with Gasteiger partial charge in [0.25, 0.3) is 0 Å². The summed E-state index contributed by atoms with van der Waals surface area (Å²) in [5, 5.41) is 15.0. The van der Waals surface area contributed by atoms with Crippen LogP contribution >= 0.6 is 15.9 Å². The van der Waals surface area contributed by atoms with Crippen molar-refractivity contribution >= 4 is 21.8 Å². The van der Waals surface area contributed by atoms with Gasteiger partial charge in [-0.2, -0.15) is 4.80 Å². The van der Waals surface area contributed by atoms with Gasteiger partial charge in [-0.15, -0.1) is 10.2 Å². The molecule has 6 nitrogen and oxygen atoms in total. The number of rotatable bonds is 6. The zero-order valence-corrected chi connectivity index (χ0v) is 13.7. The maximum absolute atomic E-state index is 11.8. The zero-order valence-electron chi connectivity index (χ0n) is 12.1. The Kier molecular flexibility index (Phi) is 5.44. The van der Waals surface area contributed by atoms with Crippen LogP contribution in [-0.4, -0.2) is 32.2 Å². The van der Waals surface area contributed by atoms with E-state index in [1.165, 1.54) is 4.80 Å². The highest BCUT2D eigenvalue weighted by Crippen LogP contribution is 2.17. The van der Waals surface area contributed by atoms with E-state index >= 15 is 0 Å². The molecule has 0 aliphatic rings. The average Bonchev–Trinajstić information content (AvgIpc) is 2.88. The summed E-state index contributed by atoms with van der Waals surface area (Å²) in [4.78, 5) is 13.2. The van der Waals surface area contributed by atoms with Crippen molar-refractivity contribution in [3.8, 4) is 11.4 Å². The van der Waals surface area contributed by atoms with Crippen molar-refractivity contribution in [1.29, 1.82) is 0 Å². The molecule has 0 fully saturated rings. The van der Waals surface area contributed by atoms with Crippen LogP contribution in [0.4, 0.5) is 0 Å². The third kappa shape index (κ3) is 4.63. The van der Waals surface area contributed by atoms with Gasteiger partial charge in [-0.1, -0.05) is 29.3 Å². The molecule has 2 aromatic rings. The van der Waals surface area contributed by atoms with Gasteiger partial charge >= 0.3 is 0 Å². The largest absolute Gasteiger partial charge is 0.352 e. The minimum Gasteiger partial charge on any atom is -0.352 e. The number of carbonyl (C=O) groups excluding carboxylic acids is 1. The number of carbonyl (C=O) groups is 1. The van der Waals surface area contributed by atoms with Crippen LogP contribution in [0.5, 0.6) is 0 Å². The molecule has 1 aromatic heterocycles. The standard InChI is InChI=1S/C14H18BrN5O/c1-3-4-10(2)16-13(21)9-20-18-14(17-19-20)11-5-7-12(15)8-6-11/h5-8,10H,3-4,9H2,1-2H3,(H,16,21). The third-order valence-corrected chi connectivity index (χ3v) is 3.50. The molecule has 1 N–H and O–H groups in total. The maximum atomic E-state index is 11.8. The van der Waals surface area contributed by atoms with E-state index in [1.54, 1.807) is 0 Å². The first kappa shape index (κ1) is 15.6. The lowest BCUT2D eigenvalue weighted by Gasteiger charge is -2.11. The molecule has 0 saturated heterocycles. The quantitative estimate of drug-likeness (QED) is 0.867. The summed E-state index contributed by atoms with van der Waals surface area (Å²) < 4.78 is 0.989. The van der Waals surface area contributed by atoms with Gasteiger partial charge in [0.05, 0.1) is 0 Å². The molecule has 2 rings (SSSR count).